The van der Waals surface area contributed by atoms with Gasteiger partial charge in [-0.25, -0.2) is 0 Å². The molecule has 2 N–H and O–H groups in total. The minimum absolute atomic E-state index is 0.00365. The molecule has 1 heterocycles. The SMILES string of the molecule is CCc1ccc(N(C(=O)C(F)(F)F)c2ccc(OCCN)c(-c3c(Cl)cnn3C)c2)cc1. The zero-order chi connectivity index (χ0) is 23.5. The molecule has 6 nitrogen and oxygen atoms in total. The standard InChI is InChI=1S/C22H22ClF3N4O2/c1-3-14-4-6-15(7-5-14)30(21(31)22(24,25)26)16-8-9-19(32-11-10-27)17(12-16)20-18(23)13-28-29(20)2/h4-9,12-13H,3,10-11,27H2,1-2H3. The van der Waals surface area contributed by atoms with E-state index in [0.29, 0.717) is 28.3 Å². The van der Waals surface area contributed by atoms with E-state index < -0.39 is 12.1 Å². The predicted octanol–water partition coefficient (Wildman–Crippen LogP) is 4.87. The van der Waals surface area contributed by atoms with Gasteiger partial charge >= 0.3 is 12.1 Å². The van der Waals surface area contributed by atoms with Crippen LogP contribution in [0.3, 0.4) is 0 Å². The molecule has 2 aromatic carbocycles. The molecule has 0 atom stereocenters. The van der Waals surface area contributed by atoms with Crippen LogP contribution < -0.4 is 15.4 Å². The number of alkyl halides is 3. The van der Waals surface area contributed by atoms with E-state index >= 15 is 0 Å². The van der Waals surface area contributed by atoms with E-state index in [0.717, 1.165) is 5.56 Å². The molecular weight excluding hydrogens is 445 g/mol. The summed E-state index contributed by atoms with van der Waals surface area (Å²) in [5.74, 6) is -1.66. The second-order valence-corrected chi connectivity index (χ2v) is 7.35. The summed E-state index contributed by atoms with van der Waals surface area (Å²) in [7, 11) is 1.64. The first-order chi connectivity index (χ1) is 15.2. The Morgan fingerprint density at radius 3 is 2.38 bits per heavy atom. The number of carbonyl (C=O) groups excluding carboxylic acids is 1. The number of hydrogen-bond acceptors (Lipinski definition) is 4. The Morgan fingerprint density at radius 1 is 1.19 bits per heavy atom. The summed E-state index contributed by atoms with van der Waals surface area (Å²) in [5, 5.41) is 4.36. The van der Waals surface area contributed by atoms with Crippen LogP contribution in [0, 0.1) is 0 Å². The van der Waals surface area contributed by atoms with E-state index in [-0.39, 0.29) is 29.5 Å². The van der Waals surface area contributed by atoms with E-state index in [4.69, 9.17) is 22.1 Å². The van der Waals surface area contributed by atoms with Gasteiger partial charge in [-0.15, -0.1) is 0 Å². The first-order valence-electron chi connectivity index (χ1n) is 9.82. The van der Waals surface area contributed by atoms with Crippen molar-refractivity contribution in [2.45, 2.75) is 19.5 Å². The molecule has 0 radical (unpaired) electrons. The fraction of sp³-hybridized carbons (Fsp3) is 0.273. The molecule has 0 aliphatic heterocycles. The minimum Gasteiger partial charge on any atom is -0.492 e. The molecule has 3 aromatic rings. The number of ether oxygens (including phenoxy) is 1. The number of halogens is 4. The van der Waals surface area contributed by atoms with Crippen LogP contribution in [0.1, 0.15) is 12.5 Å². The van der Waals surface area contributed by atoms with E-state index in [1.807, 2.05) is 6.92 Å². The van der Waals surface area contributed by atoms with E-state index in [2.05, 4.69) is 5.10 Å². The maximum absolute atomic E-state index is 13.5. The lowest BCUT2D eigenvalue weighted by atomic mass is 10.1. The molecule has 10 heteroatoms. The van der Waals surface area contributed by atoms with Crippen LogP contribution in [0.4, 0.5) is 24.5 Å². The highest BCUT2D eigenvalue weighted by Crippen LogP contribution is 2.40. The van der Waals surface area contributed by atoms with Crippen LogP contribution in [-0.2, 0) is 18.3 Å². The number of rotatable bonds is 7. The lowest BCUT2D eigenvalue weighted by Crippen LogP contribution is -2.38. The summed E-state index contributed by atoms with van der Waals surface area (Å²) < 4.78 is 47.6. The van der Waals surface area contributed by atoms with Crippen LogP contribution in [0.25, 0.3) is 11.3 Å². The zero-order valence-electron chi connectivity index (χ0n) is 17.5. The van der Waals surface area contributed by atoms with Gasteiger partial charge in [-0.3, -0.25) is 14.4 Å². The summed E-state index contributed by atoms with van der Waals surface area (Å²) >= 11 is 6.28. The lowest BCUT2D eigenvalue weighted by Gasteiger charge is -2.25. The topological polar surface area (TPSA) is 73.4 Å². The first-order valence-corrected chi connectivity index (χ1v) is 10.2. The Balaban J connectivity index is 2.19. The maximum atomic E-state index is 13.5. The summed E-state index contributed by atoms with van der Waals surface area (Å²) in [6, 6.07) is 10.6. The van der Waals surface area contributed by atoms with Gasteiger partial charge in [0.15, 0.2) is 0 Å². The Morgan fingerprint density at radius 2 is 1.84 bits per heavy atom. The number of aryl methyl sites for hydroxylation is 2. The third-order valence-corrected chi connectivity index (χ3v) is 5.07. The van der Waals surface area contributed by atoms with Gasteiger partial charge in [0, 0.05) is 24.8 Å². The molecule has 0 fully saturated rings. The van der Waals surface area contributed by atoms with Crippen molar-refractivity contribution in [2.24, 2.45) is 12.8 Å². The average Bonchev–Trinajstić information content (AvgIpc) is 3.10. The van der Waals surface area contributed by atoms with Crippen LogP contribution in [0.2, 0.25) is 5.02 Å². The van der Waals surface area contributed by atoms with Gasteiger partial charge < -0.3 is 10.5 Å². The van der Waals surface area contributed by atoms with Crippen LogP contribution in [0.5, 0.6) is 5.75 Å². The van der Waals surface area contributed by atoms with Gasteiger partial charge in [0.1, 0.15) is 12.4 Å². The van der Waals surface area contributed by atoms with Gasteiger partial charge in [0.05, 0.1) is 22.6 Å². The summed E-state index contributed by atoms with van der Waals surface area (Å²) in [5.41, 5.74) is 7.36. The monoisotopic (exact) mass is 466 g/mol. The summed E-state index contributed by atoms with van der Waals surface area (Å²) in [4.78, 5) is 13.0. The Hall–Kier alpha value is -3.04. The highest BCUT2D eigenvalue weighted by molar-refractivity contribution is 6.33. The number of hydrogen-bond donors (Lipinski definition) is 1. The normalized spacial score (nSPS) is 11.5. The van der Waals surface area contributed by atoms with Gasteiger partial charge in [-0.05, 0) is 42.3 Å². The molecule has 1 aromatic heterocycles. The third kappa shape index (κ3) is 4.89. The molecule has 1 amide bonds. The number of nitrogens with zero attached hydrogens (tertiary/aromatic N) is 3. The quantitative estimate of drug-likeness (QED) is 0.539. The molecule has 32 heavy (non-hydrogen) atoms. The molecule has 0 bridgehead atoms. The fourth-order valence-corrected chi connectivity index (χ4v) is 3.51. The van der Waals surface area contributed by atoms with Gasteiger partial charge in [0.25, 0.3) is 0 Å². The molecule has 0 aliphatic rings. The number of aromatic nitrogens is 2. The molecule has 3 rings (SSSR count). The largest absolute Gasteiger partial charge is 0.492 e. The van der Waals surface area contributed by atoms with Crippen molar-refractivity contribution < 1.29 is 22.7 Å². The highest BCUT2D eigenvalue weighted by Gasteiger charge is 2.44. The summed E-state index contributed by atoms with van der Waals surface area (Å²) in [6.45, 7) is 2.35. The molecule has 0 unspecified atom stereocenters. The van der Waals surface area contributed by atoms with E-state index in [1.165, 1.54) is 41.2 Å². The second-order valence-electron chi connectivity index (χ2n) is 6.94. The lowest BCUT2D eigenvalue weighted by molar-refractivity contribution is -0.169. The third-order valence-electron chi connectivity index (χ3n) is 4.79. The maximum Gasteiger partial charge on any atom is 0.472 e. The molecule has 170 valence electrons. The number of benzene rings is 2. The van der Waals surface area contributed by atoms with Crippen LogP contribution >= 0.6 is 11.6 Å². The Labute approximate surface area is 188 Å². The van der Waals surface area contributed by atoms with Gasteiger partial charge in [-0.2, -0.15) is 18.3 Å². The van der Waals surface area contributed by atoms with Gasteiger partial charge in [0.2, 0.25) is 0 Å². The number of carbonyl (C=O) groups is 1. The number of amides is 1. The fourth-order valence-electron chi connectivity index (χ4n) is 3.24. The minimum atomic E-state index is -5.08. The van der Waals surface area contributed by atoms with Crippen molar-refractivity contribution in [1.29, 1.82) is 0 Å². The van der Waals surface area contributed by atoms with Crippen molar-refractivity contribution in [3.8, 4) is 17.0 Å². The van der Waals surface area contributed by atoms with Crippen molar-refractivity contribution in [1.82, 2.24) is 9.78 Å². The van der Waals surface area contributed by atoms with Crippen molar-refractivity contribution in [3.05, 3.63) is 59.2 Å². The summed E-state index contributed by atoms with van der Waals surface area (Å²) in [6.07, 6.45) is -2.95. The average molecular weight is 467 g/mol. The predicted molar refractivity (Wildman–Crippen MR) is 117 cm³/mol. The molecular formula is C22H22ClF3N4O2. The molecule has 0 spiro atoms. The molecule has 0 saturated carbocycles. The highest BCUT2D eigenvalue weighted by atomic mass is 35.5. The molecule has 0 saturated heterocycles. The van der Waals surface area contributed by atoms with E-state index in [9.17, 15) is 18.0 Å². The Bertz CT molecular complexity index is 1080. The van der Waals surface area contributed by atoms with Crippen LogP contribution in [0.15, 0.2) is 48.7 Å². The number of nitrogens with two attached hydrogens (primary N) is 1. The van der Waals surface area contributed by atoms with Gasteiger partial charge in [-0.1, -0.05) is 30.7 Å². The number of anilines is 2. The van der Waals surface area contributed by atoms with Crippen molar-refractivity contribution in [2.75, 3.05) is 18.1 Å². The van der Waals surface area contributed by atoms with Crippen molar-refractivity contribution in [3.63, 3.8) is 0 Å². The smallest absolute Gasteiger partial charge is 0.472 e. The molecule has 0 aliphatic carbocycles. The Kier molecular flexibility index (Phi) is 7.10. The second kappa shape index (κ2) is 9.62. The van der Waals surface area contributed by atoms with Crippen molar-refractivity contribution >= 4 is 28.9 Å². The zero-order valence-corrected chi connectivity index (χ0v) is 18.2. The first kappa shape index (κ1) is 23.6. The van der Waals surface area contributed by atoms with Crippen LogP contribution in [-0.4, -0.2) is 35.0 Å². The van der Waals surface area contributed by atoms with E-state index in [1.54, 1.807) is 19.2 Å².